The predicted octanol–water partition coefficient (Wildman–Crippen LogP) is 0.917. The molecule has 16 heavy (non-hydrogen) atoms. The highest BCUT2D eigenvalue weighted by Gasteiger charge is 2.20. The Hall–Kier alpha value is -1.92. The van der Waals surface area contributed by atoms with Gasteiger partial charge >= 0.3 is 11.9 Å². The minimum absolute atomic E-state index is 0.0979. The van der Waals surface area contributed by atoms with E-state index < -0.39 is 10.9 Å². The predicted molar refractivity (Wildman–Crippen MR) is 54.9 cm³/mol. The van der Waals surface area contributed by atoms with E-state index in [1.54, 1.807) is 0 Å². The van der Waals surface area contributed by atoms with Gasteiger partial charge in [0.1, 0.15) is 11.9 Å². The fourth-order valence-corrected chi connectivity index (χ4v) is 1.38. The molecule has 88 valence electrons. The maximum absolute atomic E-state index is 11.0. The standard InChI is InChI=1S/C9H13N3O4/c1-3-7-6-10-9(12(14)15)11(7)5-4-8(13)16-2/h6H,3-5H2,1-2H3. The summed E-state index contributed by atoms with van der Waals surface area (Å²) in [6.07, 6.45) is 2.18. The number of hydrogen-bond acceptors (Lipinski definition) is 5. The normalized spacial score (nSPS) is 10.1. The van der Waals surface area contributed by atoms with Crippen molar-refractivity contribution in [3.63, 3.8) is 0 Å². The zero-order chi connectivity index (χ0) is 12.1. The van der Waals surface area contributed by atoms with Crippen molar-refractivity contribution in [3.05, 3.63) is 22.0 Å². The largest absolute Gasteiger partial charge is 0.469 e. The summed E-state index contributed by atoms with van der Waals surface area (Å²) in [4.78, 5) is 24.8. The Balaban J connectivity index is 2.86. The number of nitro groups is 1. The number of esters is 1. The molecule has 0 aliphatic rings. The van der Waals surface area contributed by atoms with E-state index in [9.17, 15) is 14.9 Å². The van der Waals surface area contributed by atoms with Crippen molar-refractivity contribution in [2.24, 2.45) is 0 Å². The van der Waals surface area contributed by atoms with Crippen molar-refractivity contribution >= 4 is 11.9 Å². The van der Waals surface area contributed by atoms with Crippen LogP contribution in [-0.4, -0.2) is 27.6 Å². The lowest BCUT2D eigenvalue weighted by Gasteiger charge is -2.03. The highest BCUT2D eigenvalue weighted by atomic mass is 16.6. The van der Waals surface area contributed by atoms with E-state index in [0.717, 1.165) is 5.69 Å². The van der Waals surface area contributed by atoms with Gasteiger partial charge in [-0.25, -0.2) is 4.57 Å². The first-order valence-electron chi connectivity index (χ1n) is 4.85. The second kappa shape index (κ2) is 5.24. The van der Waals surface area contributed by atoms with E-state index in [4.69, 9.17) is 0 Å². The number of ether oxygens (including phenoxy) is 1. The quantitative estimate of drug-likeness (QED) is 0.424. The number of aromatic nitrogens is 2. The Bertz CT molecular complexity index is 399. The molecule has 0 amide bonds. The third-order valence-corrected chi connectivity index (χ3v) is 2.21. The molecule has 0 saturated heterocycles. The molecule has 0 aromatic carbocycles. The van der Waals surface area contributed by atoms with E-state index in [1.165, 1.54) is 17.9 Å². The van der Waals surface area contributed by atoms with Gasteiger partial charge in [-0.05, 0) is 4.92 Å². The van der Waals surface area contributed by atoms with Crippen LogP contribution in [0.3, 0.4) is 0 Å². The molecule has 0 aliphatic carbocycles. The lowest BCUT2D eigenvalue weighted by Crippen LogP contribution is -2.11. The minimum atomic E-state index is -0.559. The number of rotatable bonds is 5. The molecule has 7 heteroatoms. The molecule has 0 saturated carbocycles. The fourth-order valence-electron chi connectivity index (χ4n) is 1.38. The molecular weight excluding hydrogens is 214 g/mol. The summed E-state index contributed by atoms with van der Waals surface area (Å²) in [5.74, 6) is -0.634. The second-order valence-electron chi connectivity index (χ2n) is 3.14. The Kier molecular flexibility index (Phi) is 3.98. The van der Waals surface area contributed by atoms with Crippen LogP contribution in [0, 0.1) is 10.1 Å². The molecule has 0 spiro atoms. The molecule has 0 N–H and O–H groups in total. The number of carbonyl (C=O) groups excluding carboxylic acids is 1. The first-order chi connectivity index (χ1) is 7.60. The van der Waals surface area contributed by atoms with Crippen LogP contribution in [0.4, 0.5) is 5.95 Å². The van der Waals surface area contributed by atoms with Crippen molar-refractivity contribution in [3.8, 4) is 0 Å². The second-order valence-corrected chi connectivity index (χ2v) is 3.14. The summed E-state index contributed by atoms with van der Waals surface area (Å²) in [6, 6.07) is 0. The smallest absolute Gasteiger partial charge is 0.434 e. The van der Waals surface area contributed by atoms with Gasteiger partial charge in [0.2, 0.25) is 0 Å². The van der Waals surface area contributed by atoms with E-state index in [0.29, 0.717) is 6.42 Å². The average molecular weight is 227 g/mol. The summed E-state index contributed by atoms with van der Waals surface area (Å²) < 4.78 is 5.91. The molecule has 1 rings (SSSR count). The SMILES string of the molecule is CCc1cnc([N+](=O)[O-])n1CCC(=O)OC. The summed E-state index contributed by atoms with van der Waals surface area (Å²) in [7, 11) is 1.28. The Morgan fingerprint density at radius 2 is 2.38 bits per heavy atom. The summed E-state index contributed by atoms with van der Waals surface area (Å²) in [6.45, 7) is 2.08. The molecule has 0 radical (unpaired) electrons. The molecule has 7 nitrogen and oxygen atoms in total. The summed E-state index contributed by atoms with van der Waals surface area (Å²) >= 11 is 0. The van der Waals surface area contributed by atoms with Gasteiger partial charge in [-0.15, -0.1) is 0 Å². The van der Waals surface area contributed by atoms with Crippen LogP contribution in [0.15, 0.2) is 6.20 Å². The van der Waals surface area contributed by atoms with Gasteiger partial charge in [0.25, 0.3) is 0 Å². The van der Waals surface area contributed by atoms with Crippen molar-refractivity contribution in [1.29, 1.82) is 0 Å². The highest BCUT2D eigenvalue weighted by Crippen LogP contribution is 2.14. The molecule has 1 aromatic rings. The van der Waals surface area contributed by atoms with Crippen LogP contribution in [-0.2, 0) is 22.5 Å². The lowest BCUT2D eigenvalue weighted by molar-refractivity contribution is -0.396. The van der Waals surface area contributed by atoms with Crippen molar-refractivity contribution < 1.29 is 14.5 Å². The molecule has 1 aromatic heterocycles. The summed E-state index contributed by atoms with van der Waals surface area (Å²) in [5, 5.41) is 10.7. The Labute approximate surface area is 92.2 Å². The molecule has 0 unspecified atom stereocenters. The van der Waals surface area contributed by atoms with Crippen molar-refractivity contribution in [2.75, 3.05) is 7.11 Å². The number of nitrogens with zero attached hydrogens (tertiary/aromatic N) is 3. The lowest BCUT2D eigenvalue weighted by atomic mass is 10.3. The zero-order valence-electron chi connectivity index (χ0n) is 9.17. The van der Waals surface area contributed by atoms with E-state index in [1.807, 2.05) is 6.92 Å². The van der Waals surface area contributed by atoms with Gasteiger partial charge in [0, 0.05) is 6.42 Å². The molecule has 0 fully saturated rings. The van der Waals surface area contributed by atoms with Crippen LogP contribution in [0.1, 0.15) is 19.0 Å². The maximum atomic E-state index is 11.0. The monoisotopic (exact) mass is 227 g/mol. The molecule has 0 atom stereocenters. The molecule has 1 heterocycles. The fraction of sp³-hybridized carbons (Fsp3) is 0.556. The number of methoxy groups -OCH3 is 1. The number of carbonyl (C=O) groups is 1. The first-order valence-corrected chi connectivity index (χ1v) is 4.85. The van der Waals surface area contributed by atoms with Gasteiger partial charge in [0.15, 0.2) is 0 Å². The Morgan fingerprint density at radius 1 is 1.69 bits per heavy atom. The number of aryl methyl sites for hydroxylation is 1. The highest BCUT2D eigenvalue weighted by molar-refractivity contribution is 5.69. The third kappa shape index (κ3) is 2.56. The topological polar surface area (TPSA) is 87.3 Å². The van der Waals surface area contributed by atoms with Crippen LogP contribution >= 0.6 is 0 Å². The number of imidazole rings is 1. The molecular formula is C9H13N3O4. The average Bonchev–Trinajstić information content (AvgIpc) is 2.68. The zero-order valence-corrected chi connectivity index (χ0v) is 9.17. The van der Waals surface area contributed by atoms with Gasteiger partial charge in [-0.2, -0.15) is 0 Å². The van der Waals surface area contributed by atoms with Crippen LogP contribution in [0.25, 0.3) is 0 Å². The van der Waals surface area contributed by atoms with E-state index in [-0.39, 0.29) is 18.9 Å². The van der Waals surface area contributed by atoms with Gasteiger partial charge in [-0.1, -0.05) is 11.9 Å². The number of hydrogen-bond donors (Lipinski definition) is 0. The Morgan fingerprint density at radius 3 is 2.88 bits per heavy atom. The van der Waals surface area contributed by atoms with E-state index >= 15 is 0 Å². The summed E-state index contributed by atoms with van der Waals surface area (Å²) in [5.41, 5.74) is 0.732. The first kappa shape index (κ1) is 12.2. The van der Waals surface area contributed by atoms with Crippen LogP contribution in [0.2, 0.25) is 0 Å². The van der Waals surface area contributed by atoms with Crippen LogP contribution in [0.5, 0.6) is 0 Å². The van der Waals surface area contributed by atoms with Gasteiger partial charge < -0.3 is 14.9 Å². The van der Waals surface area contributed by atoms with Gasteiger partial charge in [-0.3, -0.25) is 4.79 Å². The van der Waals surface area contributed by atoms with Gasteiger partial charge in [0.05, 0.1) is 20.1 Å². The van der Waals surface area contributed by atoms with Crippen LogP contribution < -0.4 is 0 Å². The third-order valence-electron chi connectivity index (χ3n) is 2.21. The van der Waals surface area contributed by atoms with Crippen molar-refractivity contribution in [2.45, 2.75) is 26.3 Å². The maximum Gasteiger partial charge on any atom is 0.434 e. The minimum Gasteiger partial charge on any atom is -0.469 e. The molecule has 0 aliphatic heterocycles. The molecule has 0 bridgehead atoms. The van der Waals surface area contributed by atoms with Crippen molar-refractivity contribution in [1.82, 2.24) is 9.55 Å². The van der Waals surface area contributed by atoms with E-state index in [2.05, 4.69) is 9.72 Å².